The molecule has 0 amide bonds. The molecule has 2 heterocycles. The van der Waals surface area contributed by atoms with Gasteiger partial charge in [-0.05, 0) is 39.5 Å². The Morgan fingerprint density at radius 3 is 1.97 bits per heavy atom. The van der Waals surface area contributed by atoms with Gasteiger partial charge in [0.15, 0.2) is 0 Å². The van der Waals surface area contributed by atoms with E-state index in [0.29, 0.717) is 11.1 Å². The second-order valence-corrected chi connectivity index (χ2v) is 11.3. The van der Waals surface area contributed by atoms with Crippen LogP contribution in [-0.2, 0) is 13.6 Å². The highest BCUT2D eigenvalue weighted by molar-refractivity contribution is 7.47. The van der Waals surface area contributed by atoms with E-state index < -0.39 is 66.4 Å². The molecule has 2 aromatic heterocycles. The summed E-state index contributed by atoms with van der Waals surface area (Å²) in [6.45, 7) is 2.44. The number of rotatable bonds is 8. The molecule has 4 rings (SSSR count). The van der Waals surface area contributed by atoms with Crippen LogP contribution in [0.15, 0.2) is 31.6 Å². The summed E-state index contributed by atoms with van der Waals surface area (Å²) in [6.07, 6.45) is 1.89. The van der Waals surface area contributed by atoms with Crippen molar-refractivity contribution in [1.82, 2.24) is 19.1 Å². The normalized spacial score (nSPS) is 29.4. The molecule has 2 aliphatic carbocycles. The number of aliphatic hydroxyl groups excluding tert-OH is 2. The summed E-state index contributed by atoms with van der Waals surface area (Å²) >= 11 is 0. The van der Waals surface area contributed by atoms with Gasteiger partial charge in [0.2, 0.25) is 0 Å². The van der Waals surface area contributed by atoms with Crippen LogP contribution in [0.25, 0.3) is 0 Å². The van der Waals surface area contributed by atoms with Crippen molar-refractivity contribution in [3.05, 3.63) is 65.2 Å². The molecule has 0 spiro atoms. The molecule has 204 valence electrons. The Hall–Kier alpha value is -2.61. The fraction of sp³-hybridized carbons (Fsp3) is 0.636. The minimum atomic E-state index is -4.62. The SMILES string of the molecule is Cc1cn([C@@H]2C[C@H](CO)[C@@H](OP(=O)(O)OC[C@H]3C[C@@H](n4cc(C)c(=O)[nH]c4=O)C[C@@H]3O)C2)c(=O)[nH]c1=O. The van der Waals surface area contributed by atoms with Crippen molar-refractivity contribution in [2.75, 3.05) is 13.2 Å². The number of nitrogens with zero attached hydrogens (tertiary/aromatic N) is 2. The quantitative estimate of drug-likeness (QED) is 0.269. The monoisotopic (exact) mass is 542 g/mol. The third kappa shape index (κ3) is 5.95. The van der Waals surface area contributed by atoms with Gasteiger partial charge in [-0.15, -0.1) is 0 Å². The zero-order valence-electron chi connectivity index (χ0n) is 20.4. The molecule has 0 aliphatic heterocycles. The molecule has 0 saturated heterocycles. The van der Waals surface area contributed by atoms with Gasteiger partial charge in [-0.2, -0.15) is 0 Å². The van der Waals surface area contributed by atoms with Crippen molar-refractivity contribution >= 4 is 7.82 Å². The number of aromatic nitrogens is 4. The first kappa shape index (κ1) is 27.4. The molecule has 0 radical (unpaired) electrons. The van der Waals surface area contributed by atoms with Gasteiger partial charge in [-0.1, -0.05) is 0 Å². The Morgan fingerprint density at radius 1 is 0.919 bits per heavy atom. The third-order valence-corrected chi connectivity index (χ3v) is 8.28. The van der Waals surface area contributed by atoms with Crippen LogP contribution >= 0.6 is 7.82 Å². The minimum Gasteiger partial charge on any atom is -0.396 e. The minimum absolute atomic E-state index is 0.132. The highest BCUT2D eigenvalue weighted by atomic mass is 31.2. The zero-order chi connectivity index (χ0) is 27.1. The fourth-order valence-corrected chi connectivity index (χ4v) is 6.23. The number of hydrogen-bond acceptors (Lipinski definition) is 9. The Bertz CT molecular complexity index is 1430. The average molecular weight is 542 g/mol. The van der Waals surface area contributed by atoms with Gasteiger partial charge >= 0.3 is 19.2 Å². The van der Waals surface area contributed by atoms with Gasteiger partial charge in [0.25, 0.3) is 11.1 Å². The van der Waals surface area contributed by atoms with Crippen LogP contribution in [0.1, 0.15) is 48.9 Å². The number of H-pyrrole nitrogens is 2. The average Bonchev–Trinajstić information content (AvgIpc) is 3.39. The Labute approximate surface area is 210 Å². The first-order valence-corrected chi connectivity index (χ1v) is 13.5. The van der Waals surface area contributed by atoms with Crippen LogP contribution in [0.4, 0.5) is 0 Å². The predicted octanol–water partition coefficient (Wildman–Crippen LogP) is -0.539. The lowest BCUT2D eigenvalue weighted by molar-refractivity contribution is 0.0428. The van der Waals surface area contributed by atoms with Gasteiger partial charge in [0.1, 0.15) is 0 Å². The molecule has 0 bridgehead atoms. The summed E-state index contributed by atoms with van der Waals surface area (Å²) < 4.78 is 25.9. The number of phosphoric acid groups is 1. The van der Waals surface area contributed by atoms with E-state index >= 15 is 0 Å². The fourth-order valence-electron chi connectivity index (χ4n) is 5.19. The van der Waals surface area contributed by atoms with Gasteiger partial charge in [0.05, 0.1) is 18.8 Å². The van der Waals surface area contributed by atoms with Crippen molar-refractivity contribution in [3.63, 3.8) is 0 Å². The smallest absolute Gasteiger partial charge is 0.396 e. The lowest BCUT2D eigenvalue weighted by Crippen LogP contribution is -2.32. The van der Waals surface area contributed by atoms with Crippen LogP contribution < -0.4 is 22.5 Å². The summed E-state index contributed by atoms with van der Waals surface area (Å²) in [5.41, 5.74) is -1.55. The van der Waals surface area contributed by atoms with E-state index in [1.54, 1.807) is 13.8 Å². The molecule has 5 N–H and O–H groups in total. The largest absolute Gasteiger partial charge is 0.472 e. The second-order valence-electron chi connectivity index (χ2n) is 9.89. The first-order valence-electron chi connectivity index (χ1n) is 12.0. The molecule has 14 nitrogen and oxygen atoms in total. The molecule has 2 saturated carbocycles. The zero-order valence-corrected chi connectivity index (χ0v) is 21.3. The molecule has 1 unspecified atom stereocenters. The van der Waals surface area contributed by atoms with Crippen molar-refractivity contribution < 1.29 is 28.7 Å². The van der Waals surface area contributed by atoms with E-state index in [1.807, 2.05) is 0 Å². The van der Waals surface area contributed by atoms with E-state index in [9.17, 15) is 38.8 Å². The topological polar surface area (TPSA) is 206 Å². The number of aliphatic hydroxyl groups is 2. The number of phosphoric ester groups is 1. The lowest BCUT2D eigenvalue weighted by Gasteiger charge is -2.22. The molecule has 2 aromatic rings. The van der Waals surface area contributed by atoms with E-state index in [0.717, 1.165) is 0 Å². The lowest BCUT2D eigenvalue weighted by atomic mass is 10.1. The van der Waals surface area contributed by atoms with Crippen molar-refractivity contribution in [3.8, 4) is 0 Å². The van der Waals surface area contributed by atoms with E-state index in [1.165, 1.54) is 21.5 Å². The maximum absolute atomic E-state index is 12.7. The maximum atomic E-state index is 12.7. The molecule has 37 heavy (non-hydrogen) atoms. The maximum Gasteiger partial charge on any atom is 0.472 e. The number of nitrogens with one attached hydrogen (secondary N) is 2. The summed E-state index contributed by atoms with van der Waals surface area (Å²) in [6, 6.07) is -0.902. The van der Waals surface area contributed by atoms with Crippen LogP contribution in [0, 0.1) is 25.7 Å². The summed E-state index contributed by atoms with van der Waals surface area (Å²) in [4.78, 5) is 62.5. The summed E-state index contributed by atoms with van der Waals surface area (Å²) in [5.74, 6) is -1.12. The molecule has 0 aromatic carbocycles. The highest BCUT2D eigenvalue weighted by Crippen LogP contribution is 2.51. The Kier molecular flexibility index (Phi) is 7.88. The van der Waals surface area contributed by atoms with Crippen LogP contribution in [0.3, 0.4) is 0 Å². The molecule has 15 heteroatoms. The van der Waals surface area contributed by atoms with Gasteiger partial charge in [-0.3, -0.25) is 37.7 Å². The standard InChI is InChI=1S/C22H31N4O10P/c1-11-7-25(21(31)23-19(11)29)15-4-14(17(28)5-15)10-35-37(33,34)36-18-6-16(3-13(18)9-27)26-8-12(2)20(30)24-22(26)32/h7-8,13-18,27-28H,3-6,9-10H2,1-2H3,(H,33,34)(H,23,29,31)(H,24,30,32)/t13-,14-,15-,16-,17+,18+/m1/s1. The number of aromatic amines is 2. The van der Waals surface area contributed by atoms with Crippen molar-refractivity contribution in [2.24, 2.45) is 11.8 Å². The Balaban J connectivity index is 1.39. The van der Waals surface area contributed by atoms with Gasteiger partial charge in [0, 0.05) is 54.0 Å². The van der Waals surface area contributed by atoms with E-state index in [4.69, 9.17) is 9.05 Å². The first-order chi connectivity index (χ1) is 17.4. The summed E-state index contributed by atoms with van der Waals surface area (Å²) in [7, 11) is -4.62. The third-order valence-electron chi connectivity index (χ3n) is 7.27. The molecule has 2 fully saturated rings. The van der Waals surface area contributed by atoms with Crippen molar-refractivity contribution in [1.29, 1.82) is 0 Å². The van der Waals surface area contributed by atoms with Gasteiger partial charge < -0.3 is 15.1 Å². The molecular formula is C22H31N4O10P. The number of hydrogen-bond donors (Lipinski definition) is 5. The Morgan fingerprint density at radius 2 is 1.43 bits per heavy atom. The molecular weight excluding hydrogens is 511 g/mol. The summed E-state index contributed by atoms with van der Waals surface area (Å²) in [5, 5.41) is 20.2. The van der Waals surface area contributed by atoms with Gasteiger partial charge in [-0.25, -0.2) is 14.2 Å². The van der Waals surface area contributed by atoms with Crippen LogP contribution in [-0.4, -0.2) is 59.6 Å². The van der Waals surface area contributed by atoms with Crippen molar-refractivity contribution in [2.45, 2.75) is 63.8 Å². The highest BCUT2D eigenvalue weighted by Gasteiger charge is 2.42. The van der Waals surface area contributed by atoms with E-state index in [-0.39, 0.29) is 38.9 Å². The van der Waals surface area contributed by atoms with E-state index in [2.05, 4.69) is 9.97 Å². The van der Waals surface area contributed by atoms with Crippen LogP contribution in [0.5, 0.6) is 0 Å². The molecule has 2 aliphatic rings. The molecule has 7 atom stereocenters. The predicted molar refractivity (Wildman–Crippen MR) is 129 cm³/mol. The number of aryl methyl sites for hydroxylation is 2. The second kappa shape index (κ2) is 10.6. The van der Waals surface area contributed by atoms with Crippen LogP contribution in [0.2, 0.25) is 0 Å².